The fourth-order valence-corrected chi connectivity index (χ4v) is 1.76. The van der Waals surface area contributed by atoms with Crippen molar-refractivity contribution >= 4 is 11.9 Å². The molecule has 0 spiro atoms. The molecule has 6 nitrogen and oxygen atoms in total. The summed E-state index contributed by atoms with van der Waals surface area (Å²) in [6, 6.07) is 3.56. The van der Waals surface area contributed by atoms with E-state index in [1.807, 2.05) is 6.92 Å². The number of nitrogens with zero attached hydrogens (tertiary/aromatic N) is 2. The second-order valence-corrected chi connectivity index (χ2v) is 4.43. The van der Waals surface area contributed by atoms with Gasteiger partial charge in [-0.15, -0.1) is 0 Å². The van der Waals surface area contributed by atoms with Crippen molar-refractivity contribution in [2.45, 2.75) is 19.9 Å². The third-order valence-electron chi connectivity index (χ3n) is 2.66. The zero-order valence-electron chi connectivity index (χ0n) is 11.3. The highest BCUT2D eigenvalue weighted by molar-refractivity contribution is 5.78. The Morgan fingerprint density at radius 3 is 2.63 bits per heavy atom. The Labute approximate surface area is 112 Å². The first-order chi connectivity index (χ1) is 9.02. The van der Waals surface area contributed by atoms with E-state index in [0.717, 1.165) is 6.42 Å². The zero-order chi connectivity index (χ0) is 14.3. The molecule has 0 radical (unpaired) electrons. The van der Waals surface area contributed by atoms with Crippen molar-refractivity contribution in [1.82, 2.24) is 9.80 Å². The average molecular weight is 268 g/mol. The summed E-state index contributed by atoms with van der Waals surface area (Å²) in [7, 11) is 1.68. The van der Waals surface area contributed by atoms with Gasteiger partial charge in [0.1, 0.15) is 5.76 Å². The highest BCUT2D eigenvalue weighted by Crippen LogP contribution is 2.04. The first-order valence-electron chi connectivity index (χ1n) is 6.23. The third-order valence-corrected chi connectivity index (χ3v) is 2.66. The smallest absolute Gasteiger partial charge is 0.317 e. The molecule has 0 bridgehead atoms. The fraction of sp³-hybridized carbons (Fsp3) is 0.538. The Hall–Kier alpha value is -1.82. The summed E-state index contributed by atoms with van der Waals surface area (Å²) in [5, 5.41) is 8.79. The van der Waals surface area contributed by atoms with Crippen LogP contribution in [0.4, 0.5) is 0 Å². The fourth-order valence-electron chi connectivity index (χ4n) is 1.76. The number of hydrogen-bond donors (Lipinski definition) is 1. The Morgan fingerprint density at radius 2 is 2.11 bits per heavy atom. The second-order valence-electron chi connectivity index (χ2n) is 4.43. The molecule has 0 aliphatic carbocycles. The van der Waals surface area contributed by atoms with Crippen LogP contribution in [0.3, 0.4) is 0 Å². The van der Waals surface area contributed by atoms with Gasteiger partial charge in [0.05, 0.1) is 25.9 Å². The van der Waals surface area contributed by atoms with Gasteiger partial charge in [0.15, 0.2) is 0 Å². The third kappa shape index (κ3) is 5.56. The number of amides is 1. The summed E-state index contributed by atoms with van der Waals surface area (Å²) >= 11 is 0. The topological polar surface area (TPSA) is 74.0 Å². The van der Waals surface area contributed by atoms with E-state index in [4.69, 9.17) is 9.52 Å². The van der Waals surface area contributed by atoms with Crippen molar-refractivity contribution in [3.63, 3.8) is 0 Å². The summed E-state index contributed by atoms with van der Waals surface area (Å²) in [6.07, 6.45) is 2.37. The molecule has 0 fully saturated rings. The van der Waals surface area contributed by atoms with Crippen LogP contribution in [0.2, 0.25) is 0 Å². The van der Waals surface area contributed by atoms with Gasteiger partial charge in [-0.25, -0.2) is 0 Å². The summed E-state index contributed by atoms with van der Waals surface area (Å²) in [6.45, 7) is 2.92. The van der Waals surface area contributed by atoms with Crippen molar-refractivity contribution in [3.8, 4) is 0 Å². The minimum absolute atomic E-state index is 0.108. The molecule has 6 heteroatoms. The van der Waals surface area contributed by atoms with E-state index in [0.29, 0.717) is 18.8 Å². The molecule has 0 aliphatic heterocycles. The molecule has 1 aromatic heterocycles. The number of carboxylic acids is 1. The summed E-state index contributed by atoms with van der Waals surface area (Å²) in [5.41, 5.74) is 0. The zero-order valence-corrected chi connectivity index (χ0v) is 11.3. The standard InChI is InChI=1S/C13H20N2O4/c1-3-6-15(10-13(17)18)9-12(16)14(2)8-11-5-4-7-19-11/h4-5,7H,3,6,8-10H2,1-2H3,(H,17,18). The predicted molar refractivity (Wildman–Crippen MR) is 69.5 cm³/mol. The highest BCUT2D eigenvalue weighted by Gasteiger charge is 2.16. The molecule has 0 aromatic carbocycles. The van der Waals surface area contributed by atoms with Crippen LogP contribution < -0.4 is 0 Å². The number of rotatable bonds is 8. The molecule has 0 aliphatic rings. The second kappa shape index (κ2) is 7.58. The van der Waals surface area contributed by atoms with Gasteiger partial charge in [0.2, 0.25) is 5.91 Å². The van der Waals surface area contributed by atoms with E-state index in [9.17, 15) is 9.59 Å². The van der Waals surface area contributed by atoms with Crippen LogP contribution in [0.1, 0.15) is 19.1 Å². The number of carbonyl (C=O) groups excluding carboxylic acids is 1. The van der Waals surface area contributed by atoms with Crippen LogP contribution in [-0.4, -0.2) is 53.5 Å². The van der Waals surface area contributed by atoms with Gasteiger partial charge in [-0.3, -0.25) is 14.5 Å². The quantitative estimate of drug-likeness (QED) is 0.762. The maximum absolute atomic E-state index is 12.0. The molecule has 0 atom stereocenters. The lowest BCUT2D eigenvalue weighted by Crippen LogP contribution is -2.40. The lowest BCUT2D eigenvalue weighted by atomic mass is 10.3. The number of hydrogen-bond acceptors (Lipinski definition) is 4. The molecule has 0 saturated heterocycles. The Morgan fingerprint density at radius 1 is 1.37 bits per heavy atom. The Kier molecular flexibility index (Phi) is 6.08. The van der Waals surface area contributed by atoms with Crippen LogP contribution >= 0.6 is 0 Å². The van der Waals surface area contributed by atoms with Gasteiger partial charge in [-0.2, -0.15) is 0 Å². The minimum atomic E-state index is -0.921. The van der Waals surface area contributed by atoms with Crippen molar-refractivity contribution in [2.24, 2.45) is 0 Å². The van der Waals surface area contributed by atoms with Gasteiger partial charge in [0.25, 0.3) is 0 Å². The molecule has 1 N–H and O–H groups in total. The molecule has 1 aromatic rings. The molecule has 0 saturated carbocycles. The van der Waals surface area contributed by atoms with Crippen molar-refractivity contribution in [3.05, 3.63) is 24.2 Å². The normalized spacial score (nSPS) is 10.7. The molecule has 19 heavy (non-hydrogen) atoms. The number of likely N-dealkylation sites (N-methyl/N-ethyl adjacent to an activating group) is 1. The molecular weight excluding hydrogens is 248 g/mol. The van der Waals surface area contributed by atoms with Gasteiger partial charge in [0, 0.05) is 7.05 Å². The van der Waals surface area contributed by atoms with E-state index in [-0.39, 0.29) is 19.0 Å². The minimum Gasteiger partial charge on any atom is -0.480 e. The van der Waals surface area contributed by atoms with Crippen LogP contribution in [-0.2, 0) is 16.1 Å². The highest BCUT2D eigenvalue weighted by atomic mass is 16.4. The molecule has 1 amide bonds. The molecule has 0 unspecified atom stereocenters. The summed E-state index contributed by atoms with van der Waals surface area (Å²) < 4.78 is 5.17. The molecule has 106 valence electrons. The van der Waals surface area contributed by atoms with Crippen LogP contribution in [0, 0.1) is 0 Å². The maximum Gasteiger partial charge on any atom is 0.317 e. The molecule has 1 rings (SSSR count). The van der Waals surface area contributed by atoms with Crippen LogP contribution in [0.5, 0.6) is 0 Å². The van der Waals surface area contributed by atoms with E-state index < -0.39 is 5.97 Å². The van der Waals surface area contributed by atoms with E-state index in [1.165, 1.54) is 4.90 Å². The number of furan rings is 1. The Bertz CT molecular complexity index is 403. The van der Waals surface area contributed by atoms with E-state index in [2.05, 4.69) is 0 Å². The molecular formula is C13H20N2O4. The lowest BCUT2D eigenvalue weighted by molar-refractivity contribution is -0.139. The van der Waals surface area contributed by atoms with Crippen molar-refractivity contribution in [2.75, 3.05) is 26.7 Å². The van der Waals surface area contributed by atoms with E-state index in [1.54, 1.807) is 30.3 Å². The first-order valence-corrected chi connectivity index (χ1v) is 6.23. The van der Waals surface area contributed by atoms with Crippen molar-refractivity contribution < 1.29 is 19.1 Å². The lowest BCUT2D eigenvalue weighted by Gasteiger charge is -2.22. The van der Waals surface area contributed by atoms with Gasteiger partial charge >= 0.3 is 5.97 Å². The van der Waals surface area contributed by atoms with Crippen molar-refractivity contribution in [1.29, 1.82) is 0 Å². The van der Waals surface area contributed by atoms with E-state index >= 15 is 0 Å². The summed E-state index contributed by atoms with van der Waals surface area (Å²) in [5.74, 6) is -0.336. The predicted octanol–water partition coefficient (Wildman–Crippen LogP) is 1.03. The molecule has 1 heterocycles. The first kappa shape index (κ1) is 15.2. The monoisotopic (exact) mass is 268 g/mol. The number of carboxylic acid groups (broad SMARTS) is 1. The SMILES string of the molecule is CCCN(CC(=O)O)CC(=O)N(C)Cc1ccco1. The van der Waals surface area contributed by atoms with Crippen LogP contribution in [0.25, 0.3) is 0 Å². The number of aliphatic carboxylic acids is 1. The van der Waals surface area contributed by atoms with Crippen LogP contribution in [0.15, 0.2) is 22.8 Å². The largest absolute Gasteiger partial charge is 0.480 e. The maximum atomic E-state index is 12.0. The van der Waals surface area contributed by atoms with Gasteiger partial charge < -0.3 is 14.4 Å². The number of carbonyl (C=O) groups is 2. The Balaban J connectivity index is 2.48. The van der Waals surface area contributed by atoms with Gasteiger partial charge in [-0.1, -0.05) is 6.92 Å². The van der Waals surface area contributed by atoms with Gasteiger partial charge in [-0.05, 0) is 25.1 Å². The summed E-state index contributed by atoms with van der Waals surface area (Å²) in [4.78, 5) is 25.9. The average Bonchev–Trinajstić information content (AvgIpc) is 2.81.